The van der Waals surface area contributed by atoms with E-state index < -0.39 is 0 Å². The molecule has 6 heteroatoms. The van der Waals surface area contributed by atoms with Crippen LogP contribution in [0.1, 0.15) is 49.4 Å². The van der Waals surface area contributed by atoms with Crippen LogP contribution in [0.4, 0.5) is 0 Å². The van der Waals surface area contributed by atoms with E-state index in [0.717, 1.165) is 18.6 Å². The molecule has 1 N–H and O–H groups in total. The summed E-state index contributed by atoms with van der Waals surface area (Å²) in [5.74, 6) is 1.51. The Kier molecular flexibility index (Phi) is 6.46. The first-order valence-corrected chi connectivity index (χ1v) is 8.25. The molecule has 1 amide bonds. The van der Waals surface area contributed by atoms with Gasteiger partial charge in [-0.2, -0.15) is 5.10 Å². The molecule has 1 saturated carbocycles. The van der Waals surface area contributed by atoms with Crippen molar-refractivity contribution in [3.63, 3.8) is 0 Å². The Balaban J connectivity index is 2.14. The topological polar surface area (TPSA) is 69.2 Å². The third-order valence-corrected chi connectivity index (χ3v) is 4.46. The molecule has 132 valence electrons. The molecule has 1 aliphatic carbocycles. The van der Waals surface area contributed by atoms with E-state index in [1.807, 2.05) is 6.92 Å². The smallest absolute Gasteiger partial charge is 0.271 e. The van der Waals surface area contributed by atoms with Crippen molar-refractivity contribution < 1.29 is 19.0 Å². The van der Waals surface area contributed by atoms with Crippen molar-refractivity contribution in [1.82, 2.24) is 5.43 Å². The number of amides is 1. The SMILES string of the molecule is COc1cc(C(=O)N/N=C(\C)C2CCCCC2)cc(OC)c1OC. The fourth-order valence-corrected chi connectivity index (χ4v) is 3.03. The van der Waals surface area contributed by atoms with E-state index in [0.29, 0.717) is 28.7 Å². The highest BCUT2D eigenvalue weighted by atomic mass is 16.5. The number of hydrogen-bond donors (Lipinski definition) is 1. The summed E-state index contributed by atoms with van der Waals surface area (Å²) >= 11 is 0. The molecule has 1 aliphatic rings. The van der Waals surface area contributed by atoms with Crippen LogP contribution in [0.15, 0.2) is 17.2 Å². The molecular formula is C18H26N2O4. The number of ether oxygens (including phenoxy) is 3. The molecule has 0 unspecified atom stereocenters. The van der Waals surface area contributed by atoms with Crippen LogP contribution in [0.2, 0.25) is 0 Å². The normalized spacial score (nSPS) is 15.8. The van der Waals surface area contributed by atoms with E-state index in [1.54, 1.807) is 12.1 Å². The van der Waals surface area contributed by atoms with Crippen molar-refractivity contribution in [2.45, 2.75) is 39.0 Å². The Morgan fingerprint density at radius 1 is 1.04 bits per heavy atom. The molecule has 0 atom stereocenters. The van der Waals surface area contributed by atoms with Crippen molar-refractivity contribution >= 4 is 11.6 Å². The minimum atomic E-state index is -0.301. The average Bonchev–Trinajstić information content (AvgIpc) is 2.65. The van der Waals surface area contributed by atoms with Gasteiger partial charge in [0.2, 0.25) is 5.75 Å². The van der Waals surface area contributed by atoms with Crippen molar-refractivity contribution in [3.05, 3.63) is 17.7 Å². The third kappa shape index (κ3) is 4.19. The molecule has 0 spiro atoms. The zero-order valence-corrected chi connectivity index (χ0v) is 14.8. The lowest BCUT2D eigenvalue weighted by molar-refractivity contribution is 0.0953. The van der Waals surface area contributed by atoms with Crippen molar-refractivity contribution in [2.24, 2.45) is 11.0 Å². The lowest BCUT2D eigenvalue weighted by atomic mass is 9.86. The number of hydrogen-bond acceptors (Lipinski definition) is 5. The fourth-order valence-electron chi connectivity index (χ4n) is 3.03. The monoisotopic (exact) mass is 334 g/mol. The van der Waals surface area contributed by atoms with Crippen LogP contribution in [0.5, 0.6) is 17.2 Å². The fraction of sp³-hybridized carbons (Fsp3) is 0.556. The summed E-state index contributed by atoms with van der Waals surface area (Å²) < 4.78 is 15.8. The van der Waals surface area contributed by atoms with E-state index in [1.165, 1.54) is 40.6 Å². The van der Waals surface area contributed by atoms with Gasteiger partial charge in [0, 0.05) is 11.3 Å². The Morgan fingerprint density at radius 2 is 1.62 bits per heavy atom. The van der Waals surface area contributed by atoms with Crippen LogP contribution < -0.4 is 19.6 Å². The highest BCUT2D eigenvalue weighted by Crippen LogP contribution is 2.38. The van der Waals surface area contributed by atoms with Gasteiger partial charge in [0.25, 0.3) is 5.91 Å². The standard InChI is InChI=1S/C18H26N2O4/c1-12(13-8-6-5-7-9-13)19-20-18(21)14-10-15(22-2)17(24-4)16(11-14)23-3/h10-11,13H,5-9H2,1-4H3,(H,20,21)/b19-12+. The minimum absolute atomic E-state index is 0.301. The van der Waals surface area contributed by atoms with Gasteiger partial charge < -0.3 is 14.2 Å². The maximum Gasteiger partial charge on any atom is 0.271 e. The summed E-state index contributed by atoms with van der Waals surface area (Å²) in [5, 5.41) is 4.28. The Morgan fingerprint density at radius 3 is 2.12 bits per heavy atom. The Hall–Kier alpha value is -2.24. The highest BCUT2D eigenvalue weighted by Gasteiger charge is 2.18. The van der Waals surface area contributed by atoms with E-state index in [4.69, 9.17) is 14.2 Å². The van der Waals surface area contributed by atoms with Gasteiger partial charge in [0.05, 0.1) is 21.3 Å². The lowest BCUT2D eigenvalue weighted by Gasteiger charge is -2.21. The van der Waals surface area contributed by atoms with Gasteiger partial charge in [-0.05, 0) is 37.8 Å². The molecule has 1 aromatic carbocycles. The second-order valence-electron chi connectivity index (χ2n) is 5.94. The van der Waals surface area contributed by atoms with Crippen LogP contribution in [0.25, 0.3) is 0 Å². The molecule has 0 aliphatic heterocycles. The summed E-state index contributed by atoms with van der Waals surface area (Å²) in [5.41, 5.74) is 4.02. The number of benzene rings is 1. The third-order valence-electron chi connectivity index (χ3n) is 4.46. The molecule has 1 aromatic rings. The molecular weight excluding hydrogens is 308 g/mol. The number of carbonyl (C=O) groups is 1. The van der Waals surface area contributed by atoms with E-state index in [-0.39, 0.29) is 5.91 Å². The number of nitrogens with zero attached hydrogens (tertiary/aromatic N) is 1. The molecule has 2 rings (SSSR count). The molecule has 0 heterocycles. The predicted octanol–water partition coefficient (Wildman–Crippen LogP) is 3.40. The van der Waals surface area contributed by atoms with Crippen LogP contribution in [-0.2, 0) is 0 Å². The van der Waals surface area contributed by atoms with Crippen molar-refractivity contribution in [3.8, 4) is 17.2 Å². The summed E-state index contributed by atoms with van der Waals surface area (Å²) in [6.45, 7) is 1.98. The number of methoxy groups -OCH3 is 3. The van der Waals surface area contributed by atoms with Gasteiger partial charge in [-0.1, -0.05) is 19.3 Å². The maximum absolute atomic E-state index is 12.4. The minimum Gasteiger partial charge on any atom is -0.493 e. The number of nitrogens with one attached hydrogen (secondary N) is 1. The molecule has 0 bridgehead atoms. The number of rotatable bonds is 6. The molecule has 24 heavy (non-hydrogen) atoms. The van der Waals surface area contributed by atoms with Gasteiger partial charge in [-0.25, -0.2) is 5.43 Å². The second kappa shape index (κ2) is 8.57. The van der Waals surface area contributed by atoms with E-state index in [9.17, 15) is 4.79 Å². The summed E-state index contributed by atoms with van der Waals surface area (Å²) in [7, 11) is 4.56. The van der Waals surface area contributed by atoms with Crippen molar-refractivity contribution in [1.29, 1.82) is 0 Å². The first-order valence-electron chi connectivity index (χ1n) is 8.25. The largest absolute Gasteiger partial charge is 0.493 e. The predicted molar refractivity (Wildman–Crippen MR) is 93.2 cm³/mol. The van der Waals surface area contributed by atoms with Gasteiger partial charge >= 0.3 is 0 Å². The van der Waals surface area contributed by atoms with E-state index in [2.05, 4.69) is 10.5 Å². The van der Waals surface area contributed by atoms with Crippen LogP contribution in [0.3, 0.4) is 0 Å². The second-order valence-corrected chi connectivity index (χ2v) is 5.94. The summed E-state index contributed by atoms with van der Waals surface area (Å²) in [6, 6.07) is 3.23. The maximum atomic E-state index is 12.4. The molecule has 1 fully saturated rings. The molecule has 0 saturated heterocycles. The number of hydrazone groups is 1. The summed E-state index contributed by atoms with van der Waals surface area (Å²) in [4.78, 5) is 12.4. The summed E-state index contributed by atoms with van der Waals surface area (Å²) in [6.07, 6.45) is 6.06. The van der Waals surface area contributed by atoms with Crippen LogP contribution >= 0.6 is 0 Å². The Bertz CT molecular complexity index is 582. The molecule has 6 nitrogen and oxygen atoms in total. The average molecular weight is 334 g/mol. The van der Waals surface area contributed by atoms with Gasteiger partial charge in [-0.15, -0.1) is 0 Å². The first kappa shape index (κ1) is 18.1. The van der Waals surface area contributed by atoms with Crippen LogP contribution in [0, 0.1) is 5.92 Å². The van der Waals surface area contributed by atoms with Gasteiger partial charge in [-0.3, -0.25) is 4.79 Å². The van der Waals surface area contributed by atoms with Crippen LogP contribution in [-0.4, -0.2) is 32.9 Å². The zero-order chi connectivity index (χ0) is 17.5. The molecule has 0 aromatic heterocycles. The van der Waals surface area contributed by atoms with Gasteiger partial charge in [0.1, 0.15) is 0 Å². The first-order chi connectivity index (χ1) is 11.6. The quantitative estimate of drug-likeness (QED) is 0.639. The number of carbonyl (C=O) groups excluding carboxylic acids is 1. The van der Waals surface area contributed by atoms with Gasteiger partial charge in [0.15, 0.2) is 11.5 Å². The van der Waals surface area contributed by atoms with Crippen molar-refractivity contribution in [2.75, 3.05) is 21.3 Å². The van der Waals surface area contributed by atoms with E-state index >= 15 is 0 Å². The Labute approximate surface area is 143 Å². The lowest BCUT2D eigenvalue weighted by Crippen LogP contribution is -2.23. The highest BCUT2D eigenvalue weighted by molar-refractivity contribution is 5.96. The zero-order valence-electron chi connectivity index (χ0n) is 14.8. The molecule has 0 radical (unpaired) electrons.